The van der Waals surface area contributed by atoms with Crippen LogP contribution < -0.4 is 20.0 Å². The van der Waals surface area contributed by atoms with E-state index in [2.05, 4.69) is 36.1 Å². The first-order chi connectivity index (χ1) is 21.6. The molecule has 2 atom stereocenters. The Kier molecular flexibility index (Phi) is 14.2. The summed E-state index contributed by atoms with van der Waals surface area (Å²) in [4.78, 5) is 35.4. The van der Waals surface area contributed by atoms with Gasteiger partial charge >= 0.3 is 5.97 Å². The van der Waals surface area contributed by atoms with Crippen molar-refractivity contribution in [3.63, 3.8) is 0 Å². The highest BCUT2D eigenvalue weighted by molar-refractivity contribution is 7.92. The van der Waals surface area contributed by atoms with Gasteiger partial charge in [0.15, 0.2) is 5.82 Å². The molecule has 0 aliphatic carbocycles. The molecule has 0 saturated heterocycles. The van der Waals surface area contributed by atoms with Crippen molar-refractivity contribution in [1.29, 1.82) is 0 Å². The molecule has 14 nitrogen and oxygen atoms in total. The number of carbonyl (C=O) groups excluding carboxylic acids is 2. The highest BCUT2D eigenvalue weighted by Crippen LogP contribution is 2.18. The highest BCUT2D eigenvalue weighted by Gasteiger charge is 2.25. The molecule has 3 aromatic rings. The van der Waals surface area contributed by atoms with Crippen LogP contribution in [0.4, 0.5) is 5.69 Å². The number of amides is 2. The molecule has 0 radical (unpaired) electrons. The van der Waals surface area contributed by atoms with Gasteiger partial charge < -0.3 is 20.8 Å². The summed E-state index contributed by atoms with van der Waals surface area (Å²) >= 11 is 0. The van der Waals surface area contributed by atoms with Gasteiger partial charge in [0, 0.05) is 25.2 Å². The summed E-state index contributed by atoms with van der Waals surface area (Å²) in [6.07, 6.45) is 1.86. The summed E-state index contributed by atoms with van der Waals surface area (Å²) < 4.78 is 27.9. The predicted molar refractivity (Wildman–Crippen MR) is 172 cm³/mol. The number of nitrogens with one attached hydrogen (secondary N) is 3. The standard InChI is InChI=1S/C29H39N8O6PS/c1-21-32-34-27(35-33-21)23-13-11-22(12-14-23)20-26(38)31-16-7-18-37(24-8-3-2-4-9-24)45(42,43)19-17-30-15-6-5-10-25(29(40)41)28(39)36-44/h2-4,8-9,11-14,25,30H,5-7,10,15-20,44H2,1H3,(H,31,38)(H,36,39)(H,40,41). The molecule has 3 rings (SSSR count). The van der Waals surface area contributed by atoms with Crippen LogP contribution in [0.1, 0.15) is 37.1 Å². The maximum atomic E-state index is 13.3. The van der Waals surface area contributed by atoms with Gasteiger partial charge in [0.2, 0.25) is 27.7 Å². The smallest absolute Gasteiger partial charge is 0.316 e. The Morgan fingerprint density at radius 2 is 1.60 bits per heavy atom. The minimum Gasteiger partial charge on any atom is -0.481 e. The van der Waals surface area contributed by atoms with Gasteiger partial charge in [-0.2, -0.15) is 0 Å². The molecule has 2 unspecified atom stereocenters. The maximum absolute atomic E-state index is 13.3. The van der Waals surface area contributed by atoms with Crippen LogP contribution in [0.5, 0.6) is 0 Å². The van der Waals surface area contributed by atoms with E-state index in [4.69, 9.17) is 0 Å². The number of para-hydroxylation sites is 1. The number of rotatable bonds is 19. The van der Waals surface area contributed by atoms with E-state index in [9.17, 15) is 27.9 Å². The van der Waals surface area contributed by atoms with Crippen LogP contribution >= 0.6 is 9.39 Å². The van der Waals surface area contributed by atoms with Gasteiger partial charge in [0.05, 0.1) is 17.9 Å². The van der Waals surface area contributed by atoms with E-state index in [1.807, 2.05) is 27.6 Å². The van der Waals surface area contributed by atoms with Crippen molar-refractivity contribution in [3.8, 4) is 11.4 Å². The van der Waals surface area contributed by atoms with E-state index in [1.54, 1.807) is 43.3 Å². The van der Waals surface area contributed by atoms with Gasteiger partial charge in [-0.05, 0) is 59.8 Å². The van der Waals surface area contributed by atoms with Gasteiger partial charge in [0.25, 0.3) is 0 Å². The molecular weight excluding hydrogens is 619 g/mol. The average Bonchev–Trinajstić information content (AvgIpc) is 3.03. The van der Waals surface area contributed by atoms with Crippen LogP contribution in [-0.2, 0) is 30.8 Å². The third kappa shape index (κ3) is 11.7. The number of unbranched alkanes of at least 4 members (excludes halogenated alkanes) is 1. The highest BCUT2D eigenvalue weighted by atomic mass is 32.2. The zero-order valence-corrected chi connectivity index (χ0v) is 27.0. The van der Waals surface area contributed by atoms with E-state index < -0.39 is 27.8 Å². The molecule has 16 heteroatoms. The summed E-state index contributed by atoms with van der Waals surface area (Å²) in [7, 11) is -1.68. The number of nitrogens with zero attached hydrogens (tertiary/aromatic N) is 5. The molecule has 2 amide bonds. The van der Waals surface area contributed by atoms with Crippen LogP contribution in [-0.4, -0.2) is 83.6 Å². The molecule has 0 aliphatic rings. The summed E-state index contributed by atoms with van der Waals surface area (Å²) in [6.45, 7) is 2.88. The van der Waals surface area contributed by atoms with Crippen molar-refractivity contribution in [3.05, 3.63) is 66.0 Å². The number of aryl methyl sites for hydroxylation is 1. The minimum atomic E-state index is -3.68. The molecule has 0 aliphatic heterocycles. The first-order valence-corrected chi connectivity index (χ1v) is 16.7. The largest absolute Gasteiger partial charge is 0.481 e. The fourth-order valence-electron chi connectivity index (χ4n) is 4.39. The lowest BCUT2D eigenvalue weighted by Crippen LogP contribution is -2.38. The Labute approximate surface area is 265 Å². The topological polar surface area (TPSA) is 196 Å². The number of carboxylic acid groups (broad SMARTS) is 1. The van der Waals surface area contributed by atoms with Crippen molar-refractivity contribution in [1.82, 2.24) is 36.1 Å². The van der Waals surface area contributed by atoms with Crippen molar-refractivity contribution in [2.45, 2.75) is 39.0 Å². The first-order valence-electron chi connectivity index (χ1n) is 14.5. The minimum absolute atomic E-state index is 0.142. The summed E-state index contributed by atoms with van der Waals surface area (Å²) in [6, 6.07) is 16.0. The molecule has 1 heterocycles. The van der Waals surface area contributed by atoms with Gasteiger partial charge in [-0.25, -0.2) is 8.42 Å². The number of carbonyl (C=O) groups is 3. The summed E-state index contributed by atoms with van der Waals surface area (Å²) in [5.41, 5.74) is 2.08. The van der Waals surface area contributed by atoms with Gasteiger partial charge in [-0.1, -0.05) is 48.9 Å². The monoisotopic (exact) mass is 658 g/mol. The van der Waals surface area contributed by atoms with Crippen molar-refractivity contribution >= 4 is 42.9 Å². The third-order valence-corrected chi connectivity index (χ3v) is 8.86. The Hall–Kier alpha value is -4.07. The van der Waals surface area contributed by atoms with E-state index in [0.29, 0.717) is 49.7 Å². The SMILES string of the molecule is Cc1nnc(-c2ccc(CC(=O)NCCCN(c3ccccc3)S(=O)(=O)CCNCCCCC(C(=O)O)C(=O)NP)cc2)nn1. The van der Waals surface area contributed by atoms with Crippen molar-refractivity contribution < 1.29 is 27.9 Å². The molecule has 242 valence electrons. The molecule has 2 aromatic carbocycles. The zero-order valence-electron chi connectivity index (χ0n) is 25.1. The molecule has 0 fully saturated rings. The molecule has 0 spiro atoms. The number of benzene rings is 2. The lowest BCUT2D eigenvalue weighted by molar-refractivity contribution is -0.146. The second-order valence-corrected chi connectivity index (χ2v) is 12.5. The number of sulfonamides is 1. The van der Waals surface area contributed by atoms with Crippen LogP contribution in [0.2, 0.25) is 0 Å². The van der Waals surface area contributed by atoms with E-state index in [0.717, 1.165) is 11.1 Å². The van der Waals surface area contributed by atoms with Crippen LogP contribution in [0.15, 0.2) is 54.6 Å². The number of hydrogen-bond donors (Lipinski definition) is 4. The molecular formula is C29H39N8O6PS. The Bertz CT molecular complexity index is 1500. The van der Waals surface area contributed by atoms with E-state index >= 15 is 0 Å². The van der Waals surface area contributed by atoms with E-state index in [1.165, 1.54) is 4.31 Å². The first kappa shape index (κ1) is 35.4. The van der Waals surface area contributed by atoms with Crippen LogP contribution in [0.3, 0.4) is 0 Å². The zero-order chi connectivity index (χ0) is 32.7. The quantitative estimate of drug-likeness (QED) is 0.0828. The normalized spacial score (nSPS) is 11.9. The van der Waals surface area contributed by atoms with E-state index in [-0.39, 0.29) is 37.6 Å². The van der Waals surface area contributed by atoms with Crippen molar-refractivity contribution in [2.24, 2.45) is 5.92 Å². The fourth-order valence-corrected chi connectivity index (χ4v) is 6.06. The van der Waals surface area contributed by atoms with Gasteiger partial charge in [0.1, 0.15) is 5.92 Å². The number of aromatic nitrogens is 4. The van der Waals surface area contributed by atoms with Crippen LogP contribution in [0.25, 0.3) is 11.4 Å². The Morgan fingerprint density at radius 3 is 2.24 bits per heavy atom. The second-order valence-electron chi connectivity index (χ2n) is 10.2. The molecule has 45 heavy (non-hydrogen) atoms. The maximum Gasteiger partial charge on any atom is 0.316 e. The number of carboxylic acids is 1. The second kappa shape index (κ2) is 18.0. The third-order valence-electron chi connectivity index (χ3n) is 6.79. The lowest BCUT2D eigenvalue weighted by Gasteiger charge is -2.24. The Morgan fingerprint density at radius 1 is 0.911 bits per heavy atom. The average molecular weight is 659 g/mol. The predicted octanol–water partition coefficient (Wildman–Crippen LogP) is 1.49. The fraction of sp³-hybridized carbons (Fsp3) is 0.414. The summed E-state index contributed by atoms with van der Waals surface area (Å²) in [5, 5.41) is 33.2. The summed E-state index contributed by atoms with van der Waals surface area (Å²) in [5.74, 6) is -2.30. The van der Waals surface area contributed by atoms with Crippen LogP contribution in [0, 0.1) is 12.8 Å². The molecule has 0 saturated carbocycles. The molecule has 1 aromatic heterocycles. The number of aliphatic carboxylic acids is 1. The van der Waals surface area contributed by atoms with Gasteiger partial charge in [-0.15, -0.1) is 20.4 Å². The lowest BCUT2D eigenvalue weighted by atomic mass is 10.0. The Balaban J connectivity index is 1.43. The molecule has 4 N–H and O–H groups in total. The van der Waals surface area contributed by atoms with Crippen molar-refractivity contribution in [2.75, 3.05) is 36.2 Å². The molecule has 0 bridgehead atoms. The van der Waals surface area contributed by atoms with Gasteiger partial charge in [-0.3, -0.25) is 18.7 Å². The number of hydrogen-bond acceptors (Lipinski definition) is 10. The number of anilines is 1.